The molecule has 0 spiro atoms. The molecule has 0 amide bonds. The van der Waals surface area contributed by atoms with E-state index in [0.29, 0.717) is 17.5 Å². The summed E-state index contributed by atoms with van der Waals surface area (Å²) in [5, 5.41) is 11.9. The van der Waals surface area contributed by atoms with Crippen molar-refractivity contribution in [1.82, 2.24) is 35.5 Å². The predicted molar refractivity (Wildman–Crippen MR) is 117 cm³/mol. The van der Waals surface area contributed by atoms with Gasteiger partial charge in [0.1, 0.15) is 17.5 Å². The van der Waals surface area contributed by atoms with Gasteiger partial charge in [0, 0.05) is 35.3 Å². The molecule has 31 heavy (non-hydrogen) atoms. The molecule has 6 rings (SSSR count). The number of hydrogen-bond donors (Lipinski definition) is 2. The van der Waals surface area contributed by atoms with Crippen LogP contribution in [0, 0.1) is 0 Å². The first-order chi connectivity index (χ1) is 15.3. The van der Waals surface area contributed by atoms with Gasteiger partial charge < -0.3 is 10.1 Å². The van der Waals surface area contributed by atoms with Gasteiger partial charge in [-0.3, -0.25) is 10.1 Å². The SMILES string of the molecule is c1cc(C2CC2)nc(-c2ccc3[nH]nc(-c4cncc(O[C@@H]5CCCNC5)n4)c3c2)n1. The molecule has 4 aromatic rings. The largest absolute Gasteiger partial charge is 0.472 e. The van der Waals surface area contributed by atoms with Gasteiger partial charge in [-0.05, 0) is 56.5 Å². The van der Waals surface area contributed by atoms with E-state index in [1.54, 1.807) is 12.4 Å². The molecule has 1 atom stereocenters. The number of benzene rings is 1. The normalized spacial score (nSPS) is 18.9. The number of rotatable bonds is 5. The fourth-order valence-corrected chi connectivity index (χ4v) is 4.08. The third kappa shape index (κ3) is 3.74. The van der Waals surface area contributed by atoms with E-state index in [9.17, 15) is 0 Å². The lowest BCUT2D eigenvalue weighted by molar-refractivity contribution is 0.160. The fraction of sp³-hybridized carbons (Fsp3) is 0.348. The molecule has 3 aromatic heterocycles. The van der Waals surface area contributed by atoms with Gasteiger partial charge >= 0.3 is 0 Å². The van der Waals surface area contributed by atoms with Gasteiger partial charge in [-0.25, -0.2) is 15.0 Å². The highest BCUT2D eigenvalue weighted by Crippen LogP contribution is 2.39. The Morgan fingerprint density at radius 1 is 1.03 bits per heavy atom. The first-order valence-electron chi connectivity index (χ1n) is 10.8. The van der Waals surface area contributed by atoms with E-state index in [2.05, 4.69) is 36.5 Å². The van der Waals surface area contributed by atoms with Crippen LogP contribution in [0.5, 0.6) is 5.88 Å². The van der Waals surface area contributed by atoms with E-state index in [1.807, 2.05) is 24.4 Å². The van der Waals surface area contributed by atoms with Crippen LogP contribution in [0.25, 0.3) is 33.7 Å². The van der Waals surface area contributed by atoms with Crippen LogP contribution in [0.3, 0.4) is 0 Å². The molecule has 2 aliphatic rings. The number of piperidine rings is 1. The molecule has 2 fully saturated rings. The number of aromatic amines is 1. The van der Waals surface area contributed by atoms with Gasteiger partial charge in [0.05, 0.1) is 17.9 Å². The smallest absolute Gasteiger partial charge is 0.233 e. The van der Waals surface area contributed by atoms with Gasteiger partial charge in [-0.2, -0.15) is 5.10 Å². The minimum atomic E-state index is 0.122. The van der Waals surface area contributed by atoms with Crippen molar-refractivity contribution >= 4 is 10.9 Å². The maximum atomic E-state index is 6.05. The summed E-state index contributed by atoms with van der Waals surface area (Å²) in [5.74, 6) is 1.86. The van der Waals surface area contributed by atoms with E-state index in [-0.39, 0.29) is 6.10 Å². The zero-order valence-corrected chi connectivity index (χ0v) is 17.1. The summed E-state index contributed by atoms with van der Waals surface area (Å²) in [6.07, 6.45) is 9.92. The Bertz CT molecular complexity index is 1230. The summed E-state index contributed by atoms with van der Waals surface area (Å²) in [4.78, 5) is 18.3. The summed E-state index contributed by atoms with van der Waals surface area (Å²) in [6, 6.07) is 8.12. The van der Waals surface area contributed by atoms with Gasteiger partial charge in [0.2, 0.25) is 5.88 Å². The summed E-state index contributed by atoms with van der Waals surface area (Å²) < 4.78 is 6.05. The zero-order valence-electron chi connectivity index (χ0n) is 17.1. The Hall–Kier alpha value is -3.39. The van der Waals surface area contributed by atoms with Crippen LogP contribution in [0.15, 0.2) is 42.9 Å². The van der Waals surface area contributed by atoms with Gasteiger partial charge in [-0.15, -0.1) is 0 Å². The monoisotopic (exact) mass is 413 g/mol. The lowest BCUT2D eigenvalue weighted by Gasteiger charge is -2.23. The molecule has 1 aliphatic carbocycles. The average molecular weight is 413 g/mol. The van der Waals surface area contributed by atoms with Crippen molar-refractivity contribution in [3.8, 4) is 28.7 Å². The first-order valence-corrected chi connectivity index (χ1v) is 10.8. The van der Waals surface area contributed by atoms with Crippen molar-refractivity contribution in [3.05, 3.63) is 48.5 Å². The minimum Gasteiger partial charge on any atom is -0.472 e. The molecular weight excluding hydrogens is 390 g/mol. The summed E-state index contributed by atoms with van der Waals surface area (Å²) >= 11 is 0. The number of hydrogen-bond acceptors (Lipinski definition) is 7. The van der Waals surface area contributed by atoms with Crippen molar-refractivity contribution in [3.63, 3.8) is 0 Å². The third-order valence-electron chi connectivity index (χ3n) is 5.89. The summed E-state index contributed by atoms with van der Waals surface area (Å²) in [7, 11) is 0. The lowest BCUT2D eigenvalue weighted by atomic mass is 10.1. The van der Waals surface area contributed by atoms with Crippen molar-refractivity contribution < 1.29 is 4.74 Å². The predicted octanol–water partition coefficient (Wildman–Crippen LogP) is 3.49. The van der Waals surface area contributed by atoms with Crippen LogP contribution in [0.2, 0.25) is 0 Å². The first kappa shape index (κ1) is 18.4. The molecule has 2 N–H and O–H groups in total. The second-order valence-electron chi connectivity index (χ2n) is 8.24. The van der Waals surface area contributed by atoms with Gasteiger partial charge in [0.25, 0.3) is 0 Å². The van der Waals surface area contributed by atoms with Crippen LogP contribution < -0.4 is 10.1 Å². The Kier molecular flexibility index (Phi) is 4.57. The molecule has 8 nitrogen and oxygen atoms in total. The second-order valence-corrected chi connectivity index (χ2v) is 8.24. The topological polar surface area (TPSA) is 102 Å². The van der Waals surface area contributed by atoms with Gasteiger partial charge in [0.15, 0.2) is 5.82 Å². The molecule has 1 aliphatic heterocycles. The van der Waals surface area contributed by atoms with Crippen LogP contribution in [-0.4, -0.2) is 49.3 Å². The molecule has 0 unspecified atom stereocenters. The van der Waals surface area contributed by atoms with Gasteiger partial charge in [-0.1, -0.05) is 0 Å². The molecular formula is C23H23N7O. The second kappa shape index (κ2) is 7.70. The number of nitrogens with one attached hydrogen (secondary N) is 2. The summed E-state index contributed by atoms with van der Waals surface area (Å²) in [5.41, 5.74) is 4.45. The minimum absolute atomic E-state index is 0.122. The third-order valence-corrected chi connectivity index (χ3v) is 5.89. The Morgan fingerprint density at radius 3 is 2.87 bits per heavy atom. The number of fused-ring (bicyclic) bond motifs is 1. The zero-order chi connectivity index (χ0) is 20.6. The molecule has 0 bridgehead atoms. The number of H-pyrrole nitrogens is 1. The molecule has 1 aromatic carbocycles. The highest BCUT2D eigenvalue weighted by molar-refractivity contribution is 5.94. The Balaban J connectivity index is 1.34. The fourth-order valence-electron chi connectivity index (χ4n) is 4.08. The van der Waals surface area contributed by atoms with E-state index in [4.69, 9.17) is 9.72 Å². The maximum absolute atomic E-state index is 6.05. The van der Waals surface area contributed by atoms with Crippen molar-refractivity contribution in [2.24, 2.45) is 0 Å². The van der Waals surface area contributed by atoms with E-state index >= 15 is 0 Å². The molecule has 1 saturated carbocycles. The van der Waals surface area contributed by atoms with E-state index in [0.717, 1.165) is 59.6 Å². The van der Waals surface area contributed by atoms with Crippen LogP contribution >= 0.6 is 0 Å². The van der Waals surface area contributed by atoms with Crippen molar-refractivity contribution in [2.45, 2.75) is 37.7 Å². The Labute approximate surface area is 179 Å². The van der Waals surface area contributed by atoms with Crippen LogP contribution in [-0.2, 0) is 0 Å². The van der Waals surface area contributed by atoms with Crippen LogP contribution in [0.1, 0.15) is 37.3 Å². The highest BCUT2D eigenvalue weighted by Gasteiger charge is 2.25. The quantitative estimate of drug-likeness (QED) is 0.516. The number of aromatic nitrogens is 6. The van der Waals surface area contributed by atoms with Crippen molar-refractivity contribution in [2.75, 3.05) is 13.1 Å². The van der Waals surface area contributed by atoms with E-state index in [1.165, 1.54) is 12.8 Å². The van der Waals surface area contributed by atoms with Crippen molar-refractivity contribution in [1.29, 1.82) is 0 Å². The molecule has 4 heterocycles. The van der Waals surface area contributed by atoms with E-state index < -0.39 is 0 Å². The molecule has 8 heteroatoms. The Morgan fingerprint density at radius 2 is 2.00 bits per heavy atom. The molecule has 0 radical (unpaired) electrons. The maximum Gasteiger partial charge on any atom is 0.233 e. The average Bonchev–Trinajstić information content (AvgIpc) is 3.59. The summed E-state index contributed by atoms with van der Waals surface area (Å²) in [6.45, 7) is 1.88. The lowest BCUT2D eigenvalue weighted by Crippen LogP contribution is -2.37. The number of nitrogens with zero attached hydrogens (tertiary/aromatic N) is 5. The molecule has 156 valence electrons. The molecule has 1 saturated heterocycles. The standard InChI is InChI=1S/C23H23N7O/c1-2-16(11-24-8-1)31-21-13-25-12-20(27-21)22-17-10-15(5-6-19(17)29-30-22)23-26-9-7-18(28-23)14-3-4-14/h5-7,9-10,12-14,16,24H,1-4,8,11H2,(H,29,30)/t16-/m1/s1. The number of ether oxygens (including phenoxy) is 1. The van der Waals surface area contributed by atoms with Crippen LogP contribution in [0.4, 0.5) is 0 Å². The highest BCUT2D eigenvalue weighted by atomic mass is 16.5.